The van der Waals surface area contributed by atoms with E-state index in [1.807, 2.05) is 30.3 Å². The third-order valence-electron chi connectivity index (χ3n) is 4.41. The van der Waals surface area contributed by atoms with Crippen molar-refractivity contribution in [1.82, 2.24) is 5.32 Å². The molecule has 1 atom stereocenters. The maximum atomic E-state index is 12.3. The average molecular weight is 415 g/mol. The maximum Gasteiger partial charge on any atom is 0.339 e. The minimum atomic E-state index is -3.59. The number of hydrogen-bond acceptors (Lipinski definition) is 6. The molecule has 0 aliphatic carbocycles. The van der Waals surface area contributed by atoms with Gasteiger partial charge >= 0.3 is 5.97 Å². The van der Waals surface area contributed by atoms with E-state index in [2.05, 4.69) is 5.32 Å². The lowest BCUT2D eigenvalue weighted by Gasteiger charge is -2.12. The van der Waals surface area contributed by atoms with Gasteiger partial charge in [0, 0.05) is 5.39 Å². The quantitative estimate of drug-likeness (QED) is 0.594. The molecule has 2 aromatic carbocycles. The largest absolute Gasteiger partial charge is 0.459 e. The van der Waals surface area contributed by atoms with Crippen molar-refractivity contribution in [3.05, 3.63) is 65.9 Å². The van der Waals surface area contributed by atoms with Crippen LogP contribution >= 0.6 is 0 Å². The van der Waals surface area contributed by atoms with Crippen molar-refractivity contribution in [3.63, 3.8) is 0 Å². The highest BCUT2D eigenvalue weighted by molar-refractivity contribution is 7.91. The van der Waals surface area contributed by atoms with Gasteiger partial charge in [0.1, 0.15) is 11.3 Å². The molecule has 0 bridgehead atoms. The van der Waals surface area contributed by atoms with Gasteiger partial charge < -0.3 is 14.5 Å². The molecule has 0 aliphatic rings. The van der Waals surface area contributed by atoms with Gasteiger partial charge in [0.2, 0.25) is 0 Å². The molecule has 29 heavy (non-hydrogen) atoms. The fourth-order valence-electron chi connectivity index (χ4n) is 2.84. The van der Waals surface area contributed by atoms with Gasteiger partial charge in [-0.2, -0.15) is 0 Å². The summed E-state index contributed by atoms with van der Waals surface area (Å²) in [5.41, 5.74) is 0.622. The van der Waals surface area contributed by atoms with Crippen molar-refractivity contribution in [1.29, 1.82) is 0 Å². The summed E-state index contributed by atoms with van der Waals surface area (Å²) in [5, 5.41) is 3.61. The summed E-state index contributed by atoms with van der Waals surface area (Å²) in [7, 11) is -3.59. The van der Waals surface area contributed by atoms with Crippen LogP contribution < -0.4 is 5.32 Å². The predicted octanol–water partition coefficient (Wildman–Crippen LogP) is 3.26. The Morgan fingerprint density at radius 2 is 1.79 bits per heavy atom. The lowest BCUT2D eigenvalue weighted by atomic mass is 10.2. The lowest BCUT2D eigenvalue weighted by molar-refractivity contribution is -0.125. The number of furan rings is 1. The number of rotatable bonds is 7. The van der Waals surface area contributed by atoms with E-state index in [0.717, 1.165) is 5.39 Å². The third kappa shape index (κ3) is 4.65. The number of amides is 1. The zero-order valence-electron chi connectivity index (χ0n) is 16.0. The van der Waals surface area contributed by atoms with E-state index in [1.54, 1.807) is 6.92 Å². The summed E-state index contributed by atoms with van der Waals surface area (Å²) >= 11 is 0. The van der Waals surface area contributed by atoms with Crippen LogP contribution in [0.4, 0.5) is 0 Å². The Balaban J connectivity index is 1.63. The molecule has 7 nitrogen and oxygen atoms in total. The molecule has 0 radical (unpaired) electrons. The molecule has 0 fully saturated rings. The van der Waals surface area contributed by atoms with Gasteiger partial charge in [-0.1, -0.05) is 37.3 Å². The van der Waals surface area contributed by atoms with Crippen LogP contribution in [-0.4, -0.2) is 32.7 Å². The summed E-state index contributed by atoms with van der Waals surface area (Å²) < 4.78 is 35.0. The van der Waals surface area contributed by atoms with Crippen molar-refractivity contribution < 1.29 is 27.2 Å². The molecule has 152 valence electrons. The molecular weight excluding hydrogens is 394 g/mol. The normalized spacial score (nSPS) is 12.5. The molecule has 1 unspecified atom stereocenters. The van der Waals surface area contributed by atoms with Crippen LogP contribution in [0.3, 0.4) is 0 Å². The summed E-state index contributed by atoms with van der Waals surface area (Å²) in [4.78, 5) is 24.4. The highest BCUT2D eigenvalue weighted by Gasteiger charge is 2.22. The van der Waals surface area contributed by atoms with Gasteiger partial charge in [0.05, 0.1) is 22.3 Å². The molecule has 3 aromatic rings. The number of carbonyl (C=O) groups is 2. The number of benzene rings is 2. The smallest absolute Gasteiger partial charge is 0.339 e. The molecule has 8 heteroatoms. The molecule has 0 saturated heterocycles. The monoisotopic (exact) mass is 415 g/mol. The minimum absolute atomic E-state index is 0.0903. The lowest BCUT2D eigenvalue weighted by Crippen LogP contribution is -2.31. The van der Waals surface area contributed by atoms with E-state index < -0.39 is 34.4 Å². The Kier molecular flexibility index (Phi) is 6.03. The molecule has 1 amide bonds. The summed E-state index contributed by atoms with van der Waals surface area (Å²) in [6, 6.07) is 14.7. The fraction of sp³-hybridized carbons (Fsp3) is 0.238. The van der Waals surface area contributed by atoms with Crippen LogP contribution in [0.25, 0.3) is 11.0 Å². The summed E-state index contributed by atoms with van der Waals surface area (Å²) in [5.74, 6) is -0.969. The van der Waals surface area contributed by atoms with Gasteiger partial charge in [0.25, 0.3) is 5.91 Å². The van der Waals surface area contributed by atoms with E-state index in [1.165, 1.54) is 31.2 Å². The minimum Gasteiger partial charge on any atom is -0.459 e. The Bertz CT molecular complexity index is 1120. The Morgan fingerprint density at radius 1 is 1.10 bits per heavy atom. The van der Waals surface area contributed by atoms with Crippen molar-refractivity contribution in [3.8, 4) is 0 Å². The second-order valence-electron chi connectivity index (χ2n) is 6.45. The zero-order chi connectivity index (χ0) is 21.0. The van der Waals surface area contributed by atoms with Gasteiger partial charge in [-0.05, 0) is 31.2 Å². The first-order chi connectivity index (χ1) is 13.8. The number of esters is 1. The number of fused-ring (bicyclic) bond motifs is 1. The number of carbonyl (C=O) groups excluding carboxylic acids is 2. The van der Waals surface area contributed by atoms with Gasteiger partial charge in [0.15, 0.2) is 16.4 Å². The summed E-state index contributed by atoms with van der Waals surface area (Å²) in [6.45, 7) is 2.70. The van der Waals surface area contributed by atoms with Crippen LogP contribution in [0.2, 0.25) is 0 Å². The van der Waals surface area contributed by atoms with Gasteiger partial charge in [-0.3, -0.25) is 4.79 Å². The molecule has 0 spiro atoms. The van der Waals surface area contributed by atoms with Crippen molar-refractivity contribution in [2.24, 2.45) is 0 Å². The van der Waals surface area contributed by atoms with Crippen LogP contribution in [0.15, 0.2) is 63.9 Å². The standard InChI is InChI=1S/C21H21NO6S/c1-3-29(25,26)19-11-7-5-9-16(19)21(24)27-13-20(23)22-14(2)18-12-15-8-4-6-10-17(15)28-18/h4-12,14H,3,13H2,1-2H3,(H,22,23). The number of para-hydroxylation sites is 1. The number of sulfone groups is 1. The second-order valence-corrected chi connectivity index (χ2v) is 8.70. The molecule has 1 N–H and O–H groups in total. The maximum absolute atomic E-state index is 12.3. The van der Waals surface area contributed by atoms with Crippen LogP contribution in [-0.2, 0) is 19.4 Å². The highest BCUT2D eigenvalue weighted by atomic mass is 32.2. The fourth-order valence-corrected chi connectivity index (χ4v) is 3.92. The number of ether oxygens (including phenoxy) is 1. The average Bonchev–Trinajstić information content (AvgIpc) is 3.16. The highest BCUT2D eigenvalue weighted by Crippen LogP contribution is 2.23. The van der Waals surface area contributed by atoms with Crippen molar-refractivity contribution in [2.45, 2.75) is 24.8 Å². The van der Waals surface area contributed by atoms with Crippen LogP contribution in [0, 0.1) is 0 Å². The Hall–Kier alpha value is -3.13. The Morgan fingerprint density at radius 3 is 2.52 bits per heavy atom. The number of nitrogens with one attached hydrogen (secondary N) is 1. The predicted molar refractivity (Wildman–Crippen MR) is 107 cm³/mol. The SMILES string of the molecule is CCS(=O)(=O)c1ccccc1C(=O)OCC(=O)NC(C)c1cc2ccccc2o1. The van der Waals surface area contributed by atoms with Crippen molar-refractivity contribution >= 4 is 32.7 Å². The molecule has 3 rings (SSSR count). The van der Waals surface area contributed by atoms with E-state index in [9.17, 15) is 18.0 Å². The van der Waals surface area contributed by atoms with Gasteiger partial charge in [-0.25, -0.2) is 13.2 Å². The van der Waals surface area contributed by atoms with Gasteiger partial charge in [-0.15, -0.1) is 0 Å². The van der Waals surface area contributed by atoms with E-state index >= 15 is 0 Å². The number of hydrogen-bond donors (Lipinski definition) is 1. The van der Waals surface area contributed by atoms with Crippen LogP contribution in [0.5, 0.6) is 0 Å². The van der Waals surface area contributed by atoms with E-state index in [0.29, 0.717) is 11.3 Å². The first-order valence-corrected chi connectivity index (χ1v) is 10.7. The molecule has 1 aromatic heterocycles. The molecule has 1 heterocycles. The van der Waals surface area contributed by atoms with Crippen LogP contribution in [0.1, 0.15) is 36.0 Å². The molecular formula is C21H21NO6S. The first kappa shape index (κ1) is 20.6. The van der Waals surface area contributed by atoms with E-state index in [4.69, 9.17) is 9.15 Å². The van der Waals surface area contributed by atoms with Crippen molar-refractivity contribution in [2.75, 3.05) is 12.4 Å². The second kappa shape index (κ2) is 8.48. The topological polar surface area (TPSA) is 103 Å². The van der Waals surface area contributed by atoms with E-state index in [-0.39, 0.29) is 16.2 Å². The molecule has 0 saturated carbocycles. The molecule has 0 aliphatic heterocycles. The Labute approximate surface area is 168 Å². The zero-order valence-corrected chi connectivity index (χ0v) is 16.9. The summed E-state index contributed by atoms with van der Waals surface area (Å²) in [6.07, 6.45) is 0. The first-order valence-electron chi connectivity index (χ1n) is 9.08. The third-order valence-corrected chi connectivity index (χ3v) is 6.19.